The summed E-state index contributed by atoms with van der Waals surface area (Å²) in [5.74, 6) is -4.69. The summed E-state index contributed by atoms with van der Waals surface area (Å²) < 4.78 is 161. The number of rotatable bonds is 8. The van der Waals surface area contributed by atoms with Gasteiger partial charge < -0.3 is 19.3 Å². The Morgan fingerprint density at radius 2 is 1.09 bits per heavy atom. The van der Waals surface area contributed by atoms with Gasteiger partial charge in [0, 0.05) is 0 Å². The highest BCUT2D eigenvalue weighted by molar-refractivity contribution is 5.82. The van der Waals surface area contributed by atoms with Gasteiger partial charge in [0.05, 0.1) is 5.41 Å². The van der Waals surface area contributed by atoms with Crippen molar-refractivity contribution in [1.82, 2.24) is 0 Å². The average molecular weight is 520 g/mol. The maximum atomic E-state index is 12.6. The molecule has 2 atom stereocenters. The van der Waals surface area contributed by atoms with Gasteiger partial charge in [0.2, 0.25) is 12.4 Å². The molecule has 0 amide bonds. The molecule has 0 spiro atoms. The van der Waals surface area contributed by atoms with Gasteiger partial charge in [0.15, 0.2) is 0 Å². The number of alkyl halides is 12. The number of carbonyl (C=O) groups is 2. The van der Waals surface area contributed by atoms with Crippen LogP contribution in [0, 0.1) is 5.41 Å². The number of hydrogen-bond donors (Lipinski definition) is 1. The van der Waals surface area contributed by atoms with Crippen molar-refractivity contribution >= 4 is 11.9 Å². The van der Waals surface area contributed by atoms with E-state index < -0.39 is 66.7 Å². The van der Waals surface area contributed by atoms with Gasteiger partial charge in [-0.2, -0.15) is 52.7 Å². The number of halogens is 12. The van der Waals surface area contributed by atoms with Gasteiger partial charge >= 0.3 is 36.6 Å². The Balaban J connectivity index is 6.19. The van der Waals surface area contributed by atoms with Crippen LogP contribution in [-0.4, -0.2) is 66.4 Å². The Bertz CT molecular complexity index is 651. The van der Waals surface area contributed by atoms with Crippen molar-refractivity contribution < 1.29 is 81.6 Å². The summed E-state index contributed by atoms with van der Waals surface area (Å²) in [5, 5.41) is 9.52. The van der Waals surface area contributed by atoms with Crippen LogP contribution in [0.15, 0.2) is 0 Å². The van der Waals surface area contributed by atoms with E-state index in [9.17, 15) is 67.4 Å². The molecule has 0 aliphatic carbocycles. The Hall–Kier alpha value is -1.98. The van der Waals surface area contributed by atoms with E-state index >= 15 is 0 Å². The van der Waals surface area contributed by atoms with Crippen molar-refractivity contribution in [2.75, 3.05) is 0 Å². The minimum Gasteiger partial charge on any atom is -0.444 e. The molecule has 0 aromatic carbocycles. The summed E-state index contributed by atoms with van der Waals surface area (Å²) >= 11 is 0. The van der Waals surface area contributed by atoms with Crippen LogP contribution in [0.25, 0.3) is 0 Å². The molecule has 0 rings (SSSR count). The largest absolute Gasteiger partial charge is 0.444 e. The van der Waals surface area contributed by atoms with Crippen molar-refractivity contribution in [3.63, 3.8) is 0 Å². The molecule has 33 heavy (non-hydrogen) atoms. The first-order valence-electron chi connectivity index (χ1n) is 8.37. The van der Waals surface area contributed by atoms with Gasteiger partial charge in [-0.1, -0.05) is 6.92 Å². The van der Waals surface area contributed by atoms with Crippen molar-refractivity contribution in [3.8, 4) is 0 Å². The first-order valence-corrected chi connectivity index (χ1v) is 8.37. The van der Waals surface area contributed by atoms with E-state index in [1.165, 1.54) is 6.92 Å². The Morgan fingerprint density at radius 3 is 1.39 bits per heavy atom. The van der Waals surface area contributed by atoms with E-state index in [2.05, 4.69) is 14.2 Å². The zero-order valence-corrected chi connectivity index (χ0v) is 16.5. The molecule has 0 bridgehead atoms. The summed E-state index contributed by atoms with van der Waals surface area (Å²) in [6, 6.07) is 0. The molecule has 0 saturated heterocycles. The normalized spacial score (nSPS) is 16.1. The fourth-order valence-electron chi connectivity index (χ4n) is 1.69. The van der Waals surface area contributed by atoms with Crippen LogP contribution in [-0.2, 0) is 23.8 Å². The van der Waals surface area contributed by atoms with Crippen LogP contribution >= 0.6 is 0 Å². The molecule has 0 aromatic rings. The van der Waals surface area contributed by atoms with Crippen molar-refractivity contribution in [2.45, 2.75) is 76.5 Å². The summed E-state index contributed by atoms with van der Waals surface area (Å²) in [6.45, 7) is 3.31. The second kappa shape index (κ2) is 10.1. The summed E-state index contributed by atoms with van der Waals surface area (Å²) in [4.78, 5) is 23.8. The summed E-state index contributed by atoms with van der Waals surface area (Å²) in [7, 11) is 0. The Kier molecular flexibility index (Phi) is 9.50. The molecule has 6 nitrogen and oxygen atoms in total. The number of hydrogen-bond acceptors (Lipinski definition) is 6. The maximum Gasteiger partial charge on any atom is 0.434 e. The number of aliphatic hydroxyl groups is 1. The van der Waals surface area contributed by atoms with E-state index in [1.54, 1.807) is 0 Å². The third-order valence-electron chi connectivity index (χ3n) is 3.86. The quantitative estimate of drug-likeness (QED) is 0.294. The molecule has 0 heterocycles. The van der Waals surface area contributed by atoms with E-state index in [0.29, 0.717) is 0 Å². The predicted octanol–water partition coefficient (Wildman–Crippen LogP) is 4.20. The number of carbonyl (C=O) groups excluding carboxylic acids is 2. The Morgan fingerprint density at radius 1 is 0.727 bits per heavy atom. The second-order valence-corrected chi connectivity index (χ2v) is 6.95. The SMILES string of the molecule is CCC(C)(C)C(=O)OC(C(=O)OC(C(F)(F)F)C(F)(F)F)C(O)OC(C(F)(F)F)C(F)(F)F. The molecule has 0 aromatic heterocycles. The van der Waals surface area contributed by atoms with Crippen molar-refractivity contribution in [3.05, 3.63) is 0 Å². The lowest BCUT2D eigenvalue weighted by atomic mass is 9.90. The first-order chi connectivity index (χ1) is 14.4. The van der Waals surface area contributed by atoms with Crippen LogP contribution in [0.2, 0.25) is 0 Å². The minimum absolute atomic E-state index is 0.202. The first kappa shape index (κ1) is 31.0. The monoisotopic (exact) mass is 520 g/mol. The molecule has 0 fully saturated rings. The molecule has 0 aliphatic rings. The lowest BCUT2D eigenvalue weighted by molar-refractivity contribution is -0.357. The highest BCUT2D eigenvalue weighted by atomic mass is 19.4. The zero-order chi connectivity index (χ0) is 26.8. The smallest absolute Gasteiger partial charge is 0.434 e. The van der Waals surface area contributed by atoms with Gasteiger partial charge in [0.1, 0.15) is 0 Å². The van der Waals surface area contributed by atoms with Crippen LogP contribution in [0.1, 0.15) is 27.2 Å². The standard InChI is InChI=1S/C15H16F12O6/c1-4-11(2,3)10(30)31-5(6(28)32-8(12(16,17)18)13(19,20)21)7(29)33-9(14(22,23)24)15(25,26)27/h5-6,8-9,28H,4H2,1-3H3. The van der Waals surface area contributed by atoms with E-state index in [-0.39, 0.29) is 6.42 Å². The van der Waals surface area contributed by atoms with Gasteiger partial charge in [-0.15, -0.1) is 0 Å². The minimum atomic E-state index is -6.35. The third kappa shape index (κ3) is 9.05. The number of ether oxygens (including phenoxy) is 3. The lowest BCUT2D eigenvalue weighted by Crippen LogP contribution is -2.53. The topological polar surface area (TPSA) is 82.1 Å². The van der Waals surface area contributed by atoms with Crippen LogP contribution in [0.3, 0.4) is 0 Å². The molecule has 18 heteroatoms. The molecular weight excluding hydrogens is 504 g/mol. The highest BCUT2D eigenvalue weighted by Crippen LogP contribution is 2.38. The zero-order valence-electron chi connectivity index (χ0n) is 16.5. The fourth-order valence-corrected chi connectivity index (χ4v) is 1.69. The molecule has 0 saturated carbocycles. The fraction of sp³-hybridized carbons (Fsp3) is 0.867. The molecule has 2 unspecified atom stereocenters. The maximum absolute atomic E-state index is 12.6. The molecular formula is C15H16F12O6. The predicted molar refractivity (Wildman–Crippen MR) is 78.9 cm³/mol. The summed E-state index contributed by atoms with van der Waals surface area (Å²) in [5.41, 5.74) is -1.71. The van der Waals surface area contributed by atoms with Gasteiger partial charge in [-0.05, 0) is 20.3 Å². The Labute approximate surface area is 176 Å². The van der Waals surface area contributed by atoms with E-state index in [0.717, 1.165) is 13.8 Å². The van der Waals surface area contributed by atoms with Crippen molar-refractivity contribution in [1.29, 1.82) is 0 Å². The van der Waals surface area contributed by atoms with Gasteiger partial charge in [0.25, 0.3) is 12.2 Å². The van der Waals surface area contributed by atoms with Gasteiger partial charge in [-0.25, -0.2) is 4.79 Å². The molecule has 0 aliphatic heterocycles. The lowest BCUT2D eigenvalue weighted by Gasteiger charge is -2.31. The summed E-state index contributed by atoms with van der Waals surface area (Å²) in [6.07, 6.45) is -42.8. The second-order valence-electron chi connectivity index (χ2n) is 6.95. The van der Waals surface area contributed by atoms with E-state index in [4.69, 9.17) is 0 Å². The number of esters is 2. The molecule has 1 N–H and O–H groups in total. The molecule has 196 valence electrons. The van der Waals surface area contributed by atoms with Crippen LogP contribution in [0.4, 0.5) is 52.7 Å². The van der Waals surface area contributed by atoms with E-state index in [1.807, 2.05) is 0 Å². The molecule has 0 radical (unpaired) electrons. The third-order valence-corrected chi connectivity index (χ3v) is 3.86. The van der Waals surface area contributed by atoms with Gasteiger partial charge in [-0.3, -0.25) is 4.79 Å². The van der Waals surface area contributed by atoms with Crippen LogP contribution in [0.5, 0.6) is 0 Å². The number of aliphatic hydroxyl groups excluding tert-OH is 1. The van der Waals surface area contributed by atoms with Crippen LogP contribution < -0.4 is 0 Å². The average Bonchev–Trinajstić information content (AvgIpc) is 2.57. The highest BCUT2D eigenvalue weighted by Gasteiger charge is 2.62. The van der Waals surface area contributed by atoms with Crippen molar-refractivity contribution in [2.24, 2.45) is 5.41 Å².